The molecule has 14 heteroatoms. The number of nitrogens with one attached hydrogen (secondary N) is 1. The summed E-state index contributed by atoms with van der Waals surface area (Å²) >= 11 is 0. The van der Waals surface area contributed by atoms with Crippen molar-refractivity contribution >= 4 is 40.6 Å². The number of benzene rings is 1. The van der Waals surface area contributed by atoms with Crippen LogP contribution in [0.2, 0.25) is 0 Å². The van der Waals surface area contributed by atoms with Gasteiger partial charge in [-0.25, -0.2) is 15.2 Å². The summed E-state index contributed by atoms with van der Waals surface area (Å²) in [5.41, 5.74) is 2.22. The summed E-state index contributed by atoms with van der Waals surface area (Å²) in [6, 6.07) is 8.49. The number of nitrogens with zero attached hydrogens (tertiary/aromatic N) is 3. The fourth-order valence-electron chi connectivity index (χ4n) is 9.13. The van der Waals surface area contributed by atoms with Gasteiger partial charge in [-0.05, 0) is 78.7 Å². The number of amides is 1. The van der Waals surface area contributed by atoms with E-state index >= 15 is 0 Å². The molecule has 3 saturated heterocycles. The average molecular weight is 795 g/mol. The zero-order valence-corrected chi connectivity index (χ0v) is 35.3. The van der Waals surface area contributed by atoms with Gasteiger partial charge in [0.05, 0.1) is 23.3 Å². The van der Waals surface area contributed by atoms with Gasteiger partial charge in [-0.3, -0.25) is 19.4 Å². The number of esters is 1. The number of cyclic esters (lactones) is 1. The van der Waals surface area contributed by atoms with Crippen molar-refractivity contribution in [2.75, 3.05) is 27.7 Å². The van der Waals surface area contributed by atoms with Gasteiger partial charge in [0.2, 0.25) is 0 Å². The van der Waals surface area contributed by atoms with E-state index in [1.165, 1.54) is 19.0 Å². The lowest BCUT2D eigenvalue weighted by Gasteiger charge is -2.47. The first-order valence-corrected chi connectivity index (χ1v) is 20.1. The highest BCUT2D eigenvalue weighted by molar-refractivity contribution is 6.00. The second kappa shape index (κ2) is 18.0. The Morgan fingerprint density at radius 1 is 1.04 bits per heavy atom. The lowest BCUT2D eigenvalue weighted by atomic mass is 9.73. The van der Waals surface area contributed by atoms with Crippen LogP contribution in [0.3, 0.4) is 0 Å². The van der Waals surface area contributed by atoms with Crippen LogP contribution in [0.5, 0.6) is 0 Å². The lowest BCUT2D eigenvalue weighted by molar-refractivity contribution is -0.295. The number of hydrogen-bond acceptors (Lipinski definition) is 13. The molecule has 4 heterocycles. The van der Waals surface area contributed by atoms with Crippen LogP contribution < -0.4 is 5.43 Å². The average Bonchev–Trinajstić information content (AvgIpc) is 3.45. The van der Waals surface area contributed by atoms with Gasteiger partial charge in [0.25, 0.3) is 0 Å². The highest BCUT2D eigenvalue weighted by Crippen LogP contribution is 2.42. The Balaban J connectivity index is 1.49. The number of aliphatic hydroxyl groups is 1. The highest BCUT2D eigenvalue weighted by atomic mass is 16.7. The number of para-hydroxylation sites is 1. The van der Waals surface area contributed by atoms with Crippen LogP contribution in [0.15, 0.2) is 42.6 Å². The van der Waals surface area contributed by atoms with Gasteiger partial charge in [-0.1, -0.05) is 58.0 Å². The van der Waals surface area contributed by atoms with Gasteiger partial charge >= 0.3 is 12.1 Å². The Kier molecular flexibility index (Phi) is 14.0. The molecule has 3 fully saturated rings. The summed E-state index contributed by atoms with van der Waals surface area (Å²) in [6.45, 7) is 14.0. The molecule has 2 N–H and O–H groups in total. The van der Waals surface area contributed by atoms with Crippen LogP contribution in [-0.4, -0.2) is 125 Å². The molecule has 57 heavy (non-hydrogen) atoms. The molecule has 3 aliphatic heterocycles. The number of methoxy groups -OCH3 is 1. The van der Waals surface area contributed by atoms with E-state index in [0.29, 0.717) is 6.42 Å². The zero-order chi connectivity index (χ0) is 42.0. The van der Waals surface area contributed by atoms with Crippen molar-refractivity contribution in [2.45, 2.75) is 129 Å². The molecule has 1 amide bonds. The van der Waals surface area contributed by atoms with E-state index in [1.54, 1.807) is 47.7 Å². The van der Waals surface area contributed by atoms with Crippen molar-refractivity contribution < 1.29 is 48.0 Å². The monoisotopic (exact) mass is 794 g/mol. The van der Waals surface area contributed by atoms with E-state index in [0.717, 1.165) is 16.5 Å². The number of carbonyl (C=O) groups excluding carboxylic acids is 4. The number of carbonyl (C=O) groups is 4. The Hall–Kier alpha value is -3.79. The smallest absolute Gasteiger partial charge is 0.425 e. The molecule has 0 saturated carbocycles. The van der Waals surface area contributed by atoms with E-state index < -0.39 is 83.4 Å². The largest absolute Gasteiger partial charge is 0.458 e. The Bertz CT molecular complexity index is 1800. The number of likely N-dealkylation sites (N-methyl/N-ethyl adjacent to an activating group) is 1. The summed E-state index contributed by atoms with van der Waals surface area (Å²) in [7, 11) is 5.22. The molecule has 0 spiro atoms. The predicted octanol–water partition coefficient (Wildman–Crippen LogP) is 4.96. The fourth-order valence-corrected chi connectivity index (χ4v) is 9.13. The SMILES string of the molecule is CC[C@H]1OC(=O)[C@H](C)C(=O)[C@H](C)[C@@H](O[C@@H]2O[C@H](C)CC(N(C)C)C2O)[C@](C)(OC)C[C@@H](C)C(=O)[C@H](C)[C@H]2N(NC/C=C/c3ccnc4ccccc34)C(=O)O[C@]12C. The second-order valence-electron chi connectivity index (χ2n) is 16.7. The van der Waals surface area contributed by atoms with E-state index in [2.05, 4.69) is 10.4 Å². The summed E-state index contributed by atoms with van der Waals surface area (Å²) in [5, 5.41) is 13.7. The molecule has 1 aromatic heterocycles. The molecule has 14 nitrogen and oxygen atoms in total. The standard InChI is InChI=1S/C43H62N4O10/c1-12-33-43(8)37(47(41(52)57-43)45-20-15-16-29-19-21-44-31-18-14-13-17-30(29)31)26(4)34(48)24(2)23-42(7,53-11)38(27(5)35(49)28(6)39(51)55-33)56-40-36(50)32(46(9)10)22-25(3)54-40/h13-19,21,24-28,32-33,36-38,40,45,50H,12,20,22-23H2,1-11H3/b16-15+/t24-,25-,26+,27+,28-,32?,33-,36?,37-,38-,40+,42-,43-/m1/s1. The molecule has 0 bridgehead atoms. The number of pyridine rings is 1. The lowest BCUT2D eigenvalue weighted by Crippen LogP contribution is -2.61. The Labute approximate surface area is 336 Å². The van der Waals surface area contributed by atoms with Crippen LogP contribution in [0.4, 0.5) is 4.79 Å². The maximum absolute atomic E-state index is 14.7. The maximum atomic E-state index is 14.7. The van der Waals surface area contributed by atoms with Crippen molar-refractivity contribution in [3.8, 4) is 0 Å². The van der Waals surface area contributed by atoms with Gasteiger partial charge in [-0.2, -0.15) is 0 Å². The molecule has 0 radical (unpaired) electrons. The number of ketones is 2. The normalized spacial score (nSPS) is 37.4. The molecule has 1 aromatic carbocycles. The minimum atomic E-state index is -1.48. The number of hydrogen-bond donors (Lipinski definition) is 2. The summed E-state index contributed by atoms with van der Waals surface area (Å²) < 4.78 is 31.1. The van der Waals surface area contributed by atoms with Gasteiger partial charge in [0, 0.05) is 49.0 Å². The van der Waals surface area contributed by atoms with Crippen molar-refractivity contribution in [2.24, 2.45) is 23.7 Å². The van der Waals surface area contributed by atoms with E-state index in [4.69, 9.17) is 23.7 Å². The van der Waals surface area contributed by atoms with Crippen LogP contribution in [0, 0.1) is 23.7 Å². The van der Waals surface area contributed by atoms with Gasteiger partial charge < -0.3 is 33.7 Å². The number of hydrazine groups is 1. The van der Waals surface area contributed by atoms with Crippen molar-refractivity contribution in [1.82, 2.24) is 20.3 Å². The molecule has 13 atom stereocenters. The van der Waals surface area contributed by atoms with E-state index in [-0.39, 0.29) is 37.3 Å². The fraction of sp³-hybridized carbons (Fsp3) is 0.651. The first kappa shape index (κ1) is 44.3. The number of rotatable bonds is 9. The van der Waals surface area contributed by atoms with Crippen molar-refractivity contribution in [1.29, 1.82) is 0 Å². The number of Topliss-reactive ketones (excluding diaryl/α,β-unsaturated/α-hetero) is 2. The molecule has 314 valence electrons. The third-order valence-corrected chi connectivity index (χ3v) is 12.4. The third kappa shape index (κ3) is 8.96. The molecule has 5 rings (SSSR count). The molecular formula is C43H62N4O10. The zero-order valence-electron chi connectivity index (χ0n) is 35.3. The topological polar surface area (TPSA) is 166 Å². The molecule has 3 aliphatic rings. The molecule has 2 unspecified atom stereocenters. The van der Waals surface area contributed by atoms with E-state index in [9.17, 15) is 24.3 Å². The second-order valence-corrected chi connectivity index (χ2v) is 16.7. The Morgan fingerprint density at radius 2 is 1.74 bits per heavy atom. The predicted molar refractivity (Wildman–Crippen MR) is 213 cm³/mol. The first-order valence-electron chi connectivity index (χ1n) is 20.1. The van der Waals surface area contributed by atoms with Gasteiger partial charge in [0.15, 0.2) is 17.7 Å². The summed E-state index contributed by atoms with van der Waals surface area (Å²) in [5.74, 6) is -5.17. The number of ether oxygens (including phenoxy) is 5. The quantitative estimate of drug-likeness (QED) is 0.259. The van der Waals surface area contributed by atoms with Crippen LogP contribution >= 0.6 is 0 Å². The maximum Gasteiger partial charge on any atom is 0.425 e. The van der Waals surface area contributed by atoms with Crippen LogP contribution in [-0.2, 0) is 38.1 Å². The van der Waals surface area contributed by atoms with Gasteiger partial charge in [0.1, 0.15) is 30.0 Å². The van der Waals surface area contributed by atoms with Crippen molar-refractivity contribution in [3.05, 3.63) is 48.2 Å². The highest BCUT2D eigenvalue weighted by Gasteiger charge is 2.61. The molecule has 2 aromatic rings. The number of aliphatic hydroxyl groups excluding tert-OH is 1. The Morgan fingerprint density at radius 3 is 2.40 bits per heavy atom. The van der Waals surface area contributed by atoms with Crippen molar-refractivity contribution in [3.63, 3.8) is 0 Å². The van der Waals surface area contributed by atoms with E-state index in [1.807, 2.05) is 68.4 Å². The van der Waals surface area contributed by atoms with Crippen LogP contribution in [0.25, 0.3) is 17.0 Å². The molecule has 0 aliphatic carbocycles. The van der Waals surface area contributed by atoms with Gasteiger partial charge in [-0.15, -0.1) is 0 Å². The first-order chi connectivity index (χ1) is 26.9. The summed E-state index contributed by atoms with van der Waals surface area (Å²) in [4.78, 5) is 63.0. The minimum absolute atomic E-state index is 0.106. The molecular weight excluding hydrogens is 732 g/mol. The number of aromatic nitrogens is 1. The summed E-state index contributed by atoms with van der Waals surface area (Å²) in [6.07, 6.45) is 1.21. The number of fused-ring (bicyclic) bond motifs is 2. The third-order valence-electron chi connectivity index (χ3n) is 12.4. The minimum Gasteiger partial charge on any atom is -0.458 e. The van der Waals surface area contributed by atoms with Crippen LogP contribution in [0.1, 0.15) is 80.2 Å².